The number of nitrogens with zero attached hydrogens (tertiary/aromatic N) is 5. The van der Waals surface area contributed by atoms with Gasteiger partial charge in [-0.2, -0.15) is 0 Å². The molecule has 2 aliphatic heterocycles. The van der Waals surface area contributed by atoms with Crippen LogP contribution in [0.3, 0.4) is 0 Å². The van der Waals surface area contributed by atoms with E-state index in [4.69, 9.17) is 9.97 Å². The Hall–Kier alpha value is -3.78. The van der Waals surface area contributed by atoms with E-state index in [1.807, 2.05) is 42.1 Å². The van der Waals surface area contributed by atoms with Crippen LogP contribution in [0.2, 0.25) is 0 Å². The van der Waals surface area contributed by atoms with E-state index in [-0.39, 0.29) is 11.3 Å². The minimum atomic E-state index is -0.0945. The summed E-state index contributed by atoms with van der Waals surface area (Å²) in [5.41, 5.74) is 6.02. The zero-order chi connectivity index (χ0) is 24.2. The van der Waals surface area contributed by atoms with E-state index in [2.05, 4.69) is 40.6 Å². The van der Waals surface area contributed by atoms with E-state index < -0.39 is 0 Å². The van der Waals surface area contributed by atoms with Gasteiger partial charge >= 0.3 is 0 Å². The highest BCUT2D eigenvalue weighted by Gasteiger charge is 2.32. The molecule has 0 bridgehead atoms. The third-order valence-corrected chi connectivity index (χ3v) is 7.58. The number of pyridine rings is 3. The molecule has 178 valence electrons. The van der Waals surface area contributed by atoms with Gasteiger partial charge in [0, 0.05) is 53.6 Å². The molecule has 0 radical (unpaired) electrons. The Labute approximate surface area is 204 Å². The number of carbonyl (C=O) groups is 1. The van der Waals surface area contributed by atoms with Crippen molar-refractivity contribution in [2.24, 2.45) is 7.05 Å². The number of aryl methyl sites for hydroxylation is 1. The molecule has 0 atom stereocenters. The van der Waals surface area contributed by atoms with Gasteiger partial charge in [-0.15, -0.1) is 0 Å². The number of aromatic nitrogens is 4. The fourth-order valence-corrected chi connectivity index (χ4v) is 5.29. The van der Waals surface area contributed by atoms with Crippen LogP contribution in [0, 0.1) is 0 Å². The van der Waals surface area contributed by atoms with Crippen LogP contribution in [0.5, 0.6) is 0 Å². The zero-order valence-corrected chi connectivity index (χ0v) is 20.3. The molecule has 0 saturated carbocycles. The van der Waals surface area contributed by atoms with Gasteiger partial charge in [-0.3, -0.25) is 9.78 Å². The van der Waals surface area contributed by atoms with Crippen LogP contribution < -0.4 is 10.6 Å². The number of hydrogen-bond donors (Lipinski definition) is 2. The molecule has 35 heavy (non-hydrogen) atoms. The fraction of sp³-hybridized carbons (Fsp3) is 0.333. The Kier molecular flexibility index (Phi) is 5.07. The molecule has 4 aromatic rings. The second-order valence-corrected chi connectivity index (χ2v) is 9.98. The number of likely N-dealkylation sites (tertiary alicyclic amines) is 1. The molecule has 0 spiro atoms. The van der Waals surface area contributed by atoms with Crippen molar-refractivity contribution in [1.82, 2.24) is 29.7 Å². The number of piperidine rings is 1. The molecule has 0 aliphatic carbocycles. The largest absolute Gasteiger partial charge is 0.348 e. The highest BCUT2D eigenvalue weighted by atomic mass is 16.1. The van der Waals surface area contributed by atoms with Crippen LogP contribution in [-0.4, -0.2) is 50.5 Å². The predicted molar refractivity (Wildman–Crippen MR) is 137 cm³/mol. The molecular formula is C27H29N7O. The maximum absolute atomic E-state index is 12.9. The Balaban J connectivity index is 1.38. The normalized spacial score (nSPS) is 17.4. The quantitative estimate of drug-likeness (QED) is 0.472. The van der Waals surface area contributed by atoms with Gasteiger partial charge in [0.2, 0.25) is 0 Å². The van der Waals surface area contributed by atoms with Gasteiger partial charge < -0.3 is 20.1 Å². The minimum absolute atomic E-state index is 0.0496. The van der Waals surface area contributed by atoms with Crippen molar-refractivity contribution >= 4 is 28.4 Å². The first-order valence-electron chi connectivity index (χ1n) is 12.1. The van der Waals surface area contributed by atoms with Crippen LogP contribution in [0.4, 0.5) is 11.5 Å². The van der Waals surface area contributed by atoms with Crippen LogP contribution in [0.25, 0.3) is 22.3 Å². The van der Waals surface area contributed by atoms with Gasteiger partial charge in [-0.25, -0.2) is 9.97 Å². The summed E-state index contributed by atoms with van der Waals surface area (Å²) in [6.07, 6.45) is 7.69. The molecule has 1 fully saturated rings. The van der Waals surface area contributed by atoms with Gasteiger partial charge in [0.1, 0.15) is 11.5 Å². The van der Waals surface area contributed by atoms with Crippen LogP contribution in [0.15, 0.2) is 48.9 Å². The van der Waals surface area contributed by atoms with Crippen molar-refractivity contribution in [3.05, 3.63) is 65.7 Å². The second-order valence-electron chi connectivity index (χ2n) is 9.98. The fourth-order valence-electron chi connectivity index (χ4n) is 5.29. The minimum Gasteiger partial charge on any atom is -0.348 e. The van der Waals surface area contributed by atoms with Crippen molar-refractivity contribution in [3.8, 4) is 11.3 Å². The maximum atomic E-state index is 12.9. The molecular weight excluding hydrogens is 438 g/mol. The smallest absolute Gasteiger partial charge is 0.254 e. The highest BCUT2D eigenvalue weighted by molar-refractivity contribution is 6.06. The first-order chi connectivity index (χ1) is 16.9. The lowest BCUT2D eigenvalue weighted by Gasteiger charge is -2.37. The van der Waals surface area contributed by atoms with Gasteiger partial charge in [0.15, 0.2) is 0 Å². The van der Waals surface area contributed by atoms with Crippen LogP contribution >= 0.6 is 0 Å². The number of carbonyl (C=O) groups excluding carboxylic acids is 1. The number of anilines is 2. The molecule has 2 N–H and O–H groups in total. The summed E-state index contributed by atoms with van der Waals surface area (Å²) < 4.78 is 1.99. The van der Waals surface area contributed by atoms with E-state index in [1.165, 1.54) is 0 Å². The molecule has 8 heteroatoms. The Morgan fingerprint density at radius 1 is 1.09 bits per heavy atom. The van der Waals surface area contributed by atoms with Crippen molar-refractivity contribution < 1.29 is 4.79 Å². The summed E-state index contributed by atoms with van der Waals surface area (Å²) >= 11 is 0. The van der Waals surface area contributed by atoms with Gasteiger partial charge in [-0.1, -0.05) is 13.0 Å². The summed E-state index contributed by atoms with van der Waals surface area (Å²) in [4.78, 5) is 29.5. The number of hydrogen-bond acceptors (Lipinski definition) is 6. The maximum Gasteiger partial charge on any atom is 0.254 e. The van der Waals surface area contributed by atoms with Crippen LogP contribution in [0.1, 0.15) is 41.4 Å². The summed E-state index contributed by atoms with van der Waals surface area (Å²) in [6.45, 7) is 4.88. The monoisotopic (exact) mass is 467 g/mol. The van der Waals surface area contributed by atoms with E-state index in [0.29, 0.717) is 17.8 Å². The van der Waals surface area contributed by atoms with E-state index >= 15 is 0 Å². The molecule has 1 amide bonds. The van der Waals surface area contributed by atoms with Gasteiger partial charge in [0.25, 0.3) is 5.91 Å². The lowest BCUT2D eigenvalue weighted by Crippen LogP contribution is -2.39. The summed E-state index contributed by atoms with van der Waals surface area (Å²) in [6, 6.07) is 10.1. The first-order valence-corrected chi connectivity index (χ1v) is 12.1. The zero-order valence-electron chi connectivity index (χ0n) is 20.3. The van der Waals surface area contributed by atoms with E-state index in [9.17, 15) is 4.79 Å². The first kappa shape index (κ1) is 21.7. The number of amides is 1. The Bertz CT molecular complexity index is 1450. The van der Waals surface area contributed by atoms with Crippen molar-refractivity contribution in [3.63, 3.8) is 0 Å². The third kappa shape index (κ3) is 3.65. The van der Waals surface area contributed by atoms with Crippen LogP contribution in [-0.2, 0) is 19.0 Å². The molecule has 6 heterocycles. The Morgan fingerprint density at radius 2 is 1.91 bits per heavy atom. The molecule has 2 aliphatic rings. The third-order valence-electron chi connectivity index (χ3n) is 7.58. The predicted octanol–water partition coefficient (Wildman–Crippen LogP) is 4.00. The highest BCUT2D eigenvalue weighted by Crippen LogP contribution is 2.37. The Morgan fingerprint density at radius 3 is 2.74 bits per heavy atom. The second kappa shape index (κ2) is 8.16. The lowest BCUT2D eigenvalue weighted by atomic mass is 9.77. The average molecular weight is 468 g/mol. The molecule has 0 unspecified atom stereocenters. The standard InChI is InChI=1S/C27H29N7O/c1-27(9-13-33(2)14-10-27)21-5-4-6-22(32-21)31-20-16-29-24(19-15-30-26(35)23(19)20)17-7-11-28-25-18(17)8-12-34(25)3/h4-8,11-12,16H,9-10,13-15H2,1-3H3,(H,30,35)(H,31,32). The molecule has 8 nitrogen and oxygen atoms in total. The molecule has 6 rings (SSSR count). The van der Waals surface area contributed by atoms with E-state index in [0.717, 1.165) is 65.3 Å². The van der Waals surface area contributed by atoms with Crippen molar-refractivity contribution in [1.29, 1.82) is 0 Å². The number of nitrogens with one attached hydrogen (secondary N) is 2. The van der Waals surface area contributed by atoms with E-state index in [1.54, 1.807) is 12.4 Å². The lowest BCUT2D eigenvalue weighted by molar-refractivity contribution is 0.0966. The van der Waals surface area contributed by atoms with Crippen molar-refractivity contribution in [2.45, 2.75) is 31.7 Å². The molecule has 0 aromatic carbocycles. The summed E-state index contributed by atoms with van der Waals surface area (Å²) in [5, 5.41) is 7.40. The average Bonchev–Trinajstić information content (AvgIpc) is 3.45. The number of rotatable bonds is 4. The summed E-state index contributed by atoms with van der Waals surface area (Å²) in [5.74, 6) is 0.636. The molecule has 1 saturated heterocycles. The topological polar surface area (TPSA) is 88.0 Å². The van der Waals surface area contributed by atoms with Crippen molar-refractivity contribution in [2.75, 3.05) is 25.5 Å². The summed E-state index contributed by atoms with van der Waals surface area (Å²) in [7, 11) is 4.14. The SMILES string of the molecule is CN1CCC(C)(c2cccc(Nc3cnc(-c4ccnc5c4ccn5C)c4c3C(=O)NC4)n2)CC1. The molecule has 4 aromatic heterocycles. The number of fused-ring (bicyclic) bond motifs is 2. The van der Waals surface area contributed by atoms with Gasteiger partial charge in [-0.05, 0) is 57.2 Å². The van der Waals surface area contributed by atoms with Gasteiger partial charge in [0.05, 0.1) is 23.1 Å².